The van der Waals surface area contributed by atoms with Gasteiger partial charge in [-0.1, -0.05) is 19.9 Å². The Hall–Kier alpha value is -6.55. The molecule has 4 aromatic heterocycles. The lowest BCUT2D eigenvalue weighted by molar-refractivity contribution is -0.137. The number of likely N-dealkylation sites (tertiary alicyclic amines) is 1. The molecule has 6 aromatic rings. The van der Waals surface area contributed by atoms with Crippen LogP contribution in [0.5, 0.6) is 5.75 Å². The number of hydrogen-bond acceptors (Lipinski definition) is 11. The number of nitrogens with one attached hydrogen (secondary N) is 4. The van der Waals surface area contributed by atoms with Crippen LogP contribution in [0, 0.1) is 17.7 Å². The van der Waals surface area contributed by atoms with Crippen LogP contribution in [0.15, 0.2) is 55.0 Å². The van der Waals surface area contributed by atoms with Crippen molar-refractivity contribution in [1.82, 2.24) is 49.9 Å². The Morgan fingerprint density at radius 3 is 2.23 bits per heavy atom. The van der Waals surface area contributed by atoms with Crippen molar-refractivity contribution in [1.29, 1.82) is 0 Å². The Bertz CT molecular complexity index is 3190. The predicted octanol–water partition coefficient (Wildman–Crippen LogP) is 10.0. The fourth-order valence-electron chi connectivity index (χ4n) is 11.3. The zero-order valence-corrected chi connectivity index (χ0v) is 44.2. The van der Waals surface area contributed by atoms with E-state index < -0.39 is 64.2 Å². The van der Waals surface area contributed by atoms with Crippen LogP contribution in [0.4, 0.5) is 22.8 Å². The molecule has 2 aliphatic carbocycles. The second-order valence-corrected chi connectivity index (χ2v) is 26.7. The molecule has 2 saturated heterocycles. The fraction of sp³-hybridized carbons (Fsp3) is 0.491. The van der Waals surface area contributed by atoms with Gasteiger partial charge in [-0.3, -0.25) is 14.2 Å². The second kappa shape index (κ2) is 19.5. The number of benzene rings is 2. The minimum atomic E-state index is -2.82. The van der Waals surface area contributed by atoms with Crippen molar-refractivity contribution in [3.8, 4) is 39.5 Å². The van der Waals surface area contributed by atoms with Crippen molar-refractivity contribution in [2.24, 2.45) is 11.8 Å². The first-order chi connectivity index (χ1) is 35.9. The number of ether oxygens (including phenoxy) is 3. The number of halogens is 3. The van der Waals surface area contributed by atoms with Gasteiger partial charge in [-0.2, -0.15) is 0 Å². The molecule has 4 amide bonds. The van der Waals surface area contributed by atoms with E-state index in [0.717, 1.165) is 51.3 Å². The molecular weight excluding hydrogens is 1010 g/mol. The van der Waals surface area contributed by atoms with E-state index in [0.29, 0.717) is 64.9 Å². The van der Waals surface area contributed by atoms with Crippen LogP contribution < -0.4 is 15.4 Å². The van der Waals surface area contributed by atoms with Gasteiger partial charge in [-0.25, -0.2) is 47.7 Å². The number of aromatic amines is 2. The molecule has 0 bridgehead atoms. The number of fused-ring (bicyclic) bond motifs is 5. The van der Waals surface area contributed by atoms with Crippen molar-refractivity contribution in [2.75, 3.05) is 44.9 Å². The molecule has 17 nitrogen and oxygen atoms in total. The first-order valence-corrected chi connectivity index (χ1v) is 29.1. The Balaban J connectivity index is 0.902. The number of nitrogens with zero attached hydrogens (tertiary/aromatic N) is 6. The number of methoxy groups -OCH3 is 2. The predicted molar refractivity (Wildman–Crippen MR) is 278 cm³/mol. The smallest absolute Gasteiger partial charge is 0.407 e. The van der Waals surface area contributed by atoms with Crippen LogP contribution in [-0.4, -0.2) is 126 Å². The zero-order chi connectivity index (χ0) is 52.7. The van der Waals surface area contributed by atoms with E-state index >= 15 is 4.39 Å². The van der Waals surface area contributed by atoms with E-state index in [4.69, 9.17) is 29.2 Å². The molecule has 11 rings (SSSR count). The molecule has 2 saturated carbocycles. The highest BCUT2D eigenvalue weighted by molar-refractivity contribution is 8.32. The average molecular weight is 1070 g/mol. The summed E-state index contributed by atoms with van der Waals surface area (Å²) in [4.78, 5) is 78.7. The molecule has 0 radical (unpaired) electrons. The summed E-state index contributed by atoms with van der Waals surface area (Å²) in [7, 11) is 1.10. The molecule has 7 heterocycles. The number of alkyl carbamates (subject to hydrolysis) is 2. The number of H-pyrrole nitrogens is 2. The standard InChI is InChI=1S/C53H61F3N10O7S2/c1-27(2)43(62-51(69)71-3)48(67)64-17-7-8-37(64)45-57-22-34(60-45)30-11-12-36-32(18-30)20-38-42-33(54)19-31(21-40(42)73-50(66(36)38)41-24-59-47(74-41)29-9-10-29)35-23-58-46(61-35)39-25-75(5,6)26-65(39)49(68)44(63-52(70)72-4)28-13-15-53(55,56)16-14-28/h11-12,18-24,27-29,37,39,43-44,50H,7-10,13-17,25-26H2,1-6H3,(H,57,60)(H,58,61)(H,62,69)(H,63,70)/t37-,39-,43?,44-,50-/m0/s1. The van der Waals surface area contributed by atoms with Crippen molar-refractivity contribution < 1.29 is 46.6 Å². The third kappa shape index (κ3) is 9.72. The van der Waals surface area contributed by atoms with Crippen molar-refractivity contribution >= 4 is 56.3 Å². The maximum absolute atomic E-state index is 17.1. The van der Waals surface area contributed by atoms with Crippen LogP contribution >= 0.6 is 21.4 Å². The number of aromatic nitrogens is 6. The van der Waals surface area contributed by atoms with Crippen LogP contribution in [0.3, 0.4) is 0 Å². The van der Waals surface area contributed by atoms with Crippen molar-refractivity contribution in [2.45, 2.75) is 107 Å². The van der Waals surface area contributed by atoms with Crippen LogP contribution in [0.1, 0.15) is 111 Å². The quantitative estimate of drug-likeness (QED) is 0.0914. The highest BCUT2D eigenvalue weighted by Gasteiger charge is 2.47. The summed E-state index contributed by atoms with van der Waals surface area (Å²) in [5, 5.41) is 7.26. The summed E-state index contributed by atoms with van der Waals surface area (Å²) in [6.07, 6.45) is 10.4. The van der Waals surface area contributed by atoms with E-state index in [1.165, 1.54) is 20.3 Å². The number of alkyl halides is 2. The van der Waals surface area contributed by atoms with Gasteiger partial charge < -0.3 is 44.6 Å². The lowest BCUT2D eigenvalue weighted by atomic mass is 9.81. The van der Waals surface area contributed by atoms with Crippen molar-refractivity contribution in [3.05, 3.63) is 82.3 Å². The van der Waals surface area contributed by atoms with Gasteiger partial charge in [0.1, 0.15) is 35.3 Å². The normalized spacial score (nSPS) is 22.3. The monoisotopic (exact) mass is 1070 g/mol. The number of hydrogen-bond donors (Lipinski definition) is 4. The molecule has 3 aliphatic heterocycles. The van der Waals surface area contributed by atoms with Gasteiger partial charge in [0.2, 0.25) is 24.0 Å². The SMILES string of the molecule is COC(=O)NC(C(=O)N1CCC[C@H]1c1ncc(-c2ccc3c(c2)cc2n3[C@H](c3cnc(C4CC4)s3)Oc3cc(-c4cnc([C@@H]5CS(C)(C)CN5C(=O)[C@@H](NC(=O)OC)C5CCC(F)(F)CC5)[nH]4)cc(F)c3-2)[nH]1)C(C)C. The van der Waals surface area contributed by atoms with Gasteiger partial charge >= 0.3 is 12.2 Å². The Morgan fingerprint density at radius 2 is 1.53 bits per heavy atom. The van der Waals surface area contributed by atoms with Gasteiger partial charge in [0.15, 0.2) is 0 Å². The Labute approximate surface area is 437 Å². The molecule has 75 heavy (non-hydrogen) atoms. The Morgan fingerprint density at radius 1 is 0.840 bits per heavy atom. The summed E-state index contributed by atoms with van der Waals surface area (Å²) in [5.74, 6) is -1.70. The largest absolute Gasteiger partial charge is 0.464 e. The molecule has 0 spiro atoms. The van der Waals surface area contributed by atoms with E-state index in [2.05, 4.69) is 33.1 Å². The summed E-state index contributed by atoms with van der Waals surface area (Å²) in [6.45, 7) is 4.28. The maximum atomic E-state index is 17.1. The molecule has 5 atom stereocenters. The third-order valence-corrected chi connectivity index (χ3v) is 18.8. The van der Waals surface area contributed by atoms with Crippen LogP contribution in [-0.2, 0) is 19.1 Å². The highest BCUT2D eigenvalue weighted by atomic mass is 32.3. The van der Waals surface area contributed by atoms with Gasteiger partial charge in [-0.05, 0) is 93.2 Å². The van der Waals surface area contributed by atoms with Crippen LogP contribution in [0.25, 0.3) is 44.7 Å². The molecule has 398 valence electrons. The van der Waals surface area contributed by atoms with Gasteiger partial charge in [-0.15, -0.1) is 11.3 Å². The lowest BCUT2D eigenvalue weighted by Gasteiger charge is -2.36. The topological polar surface area (TPSA) is 202 Å². The summed E-state index contributed by atoms with van der Waals surface area (Å²) < 4.78 is 64.2. The molecule has 4 fully saturated rings. The Kier molecular flexibility index (Phi) is 13.2. The molecule has 4 N–H and O–H groups in total. The van der Waals surface area contributed by atoms with Crippen molar-refractivity contribution in [3.63, 3.8) is 0 Å². The molecule has 22 heteroatoms. The molecule has 5 aliphatic rings. The summed E-state index contributed by atoms with van der Waals surface area (Å²) >= 11 is 1.60. The van der Waals surface area contributed by atoms with E-state index in [-0.39, 0.29) is 55.0 Å². The number of amides is 4. The lowest BCUT2D eigenvalue weighted by Crippen LogP contribution is -2.53. The van der Waals surface area contributed by atoms with Crippen LogP contribution in [0.2, 0.25) is 0 Å². The fourth-order valence-corrected chi connectivity index (χ4v) is 14.8. The molecule has 1 unspecified atom stereocenters. The number of carbonyl (C=O) groups is 4. The van der Waals surface area contributed by atoms with Gasteiger partial charge in [0.05, 0.1) is 82.6 Å². The van der Waals surface area contributed by atoms with E-state index in [9.17, 15) is 28.0 Å². The minimum Gasteiger partial charge on any atom is -0.464 e. The first kappa shape index (κ1) is 50.6. The second-order valence-electron chi connectivity index (χ2n) is 21.5. The van der Waals surface area contributed by atoms with Gasteiger partial charge in [0, 0.05) is 53.8 Å². The average Bonchev–Trinajstić information content (AvgIpc) is 4.09. The number of rotatable bonds is 12. The maximum Gasteiger partial charge on any atom is 0.407 e. The van der Waals surface area contributed by atoms with E-state index in [1.807, 2.05) is 48.9 Å². The van der Waals surface area contributed by atoms with E-state index in [1.54, 1.807) is 39.6 Å². The van der Waals surface area contributed by atoms with Gasteiger partial charge in [0.25, 0.3) is 0 Å². The number of thiazole rings is 1. The minimum absolute atomic E-state index is 0.0731. The molecule has 2 aromatic carbocycles. The summed E-state index contributed by atoms with van der Waals surface area (Å²) in [6, 6.07) is 8.58. The number of carbonyl (C=O) groups excluding carboxylic acids is 4. The third-order valence-electron chi connectivity index (χ3n) is 15.4. The number of imidazole rings is 2. The first-order valence-electron chi connectivity index (χ1n) is 25.5. The zero-order valence-electron chi connectivity index (χ0n) is 42.6. The molecular formula is C53H61F3N10O7S2. The highest BCUT2D eigenvalue weighted by Crippen LogP contribution is 2.54. The summed E-state index contributed by atoms with van der Waals surface area (Å²) in [5.41, 5.74) is 4.30.